The Morgan fingerprint density at radius 3 is 2.61 bits per heavy atom. The minimum Gasteiger partial charge on any atom is -0.465 e. The van der Waals surface area contributed by atoms with Crippen LogP contribution in [-0.2, 0) is 24.3 Å². The fourth-order valence-corrected chi connectivity index (χ4v) is 3.24. The summed E-state index contributed by atoms with van der Waals surface area (Å²) in [4.78, 5) is 16.2. The highest BCUT2D eigenvalue weighted by atomic mass is 16.5. The van der Waals surface area contributed by atoms with Gasteiger partial charge in [0.05, 0.1) is 31.2 Å². The summed E-state index contributed by atoms with van der Waals surface area (Å²) < 4.78 is 6.90. The zero-order chi connectivity index (χ0) is 19.9. The number of carbonyl (C=O) groups is 1. The van der Waals surface area contributed by atoms with Crippen molar-refractivity contribution in [2.75, 3.05) is 7.11 Å². The number of aromatic nitrogens is 2. The van der Waals surface area contributed by atoms with Crippen molar-refractivity contribution < 1.29 is 14.6 Å². The third-order valence-corrected chi connectivity index (χ3v) is 4.85. The number of unbranched alkanes of at least 4 members (excludes halogenated alkanes) is 1. The number of imidazole rings is 1. The van der Waals surface area contributed by atoms with E-state index in [2.05, 4.69) is 28.6 Å². The Bertz CT molecular complexity index is 929. The smallest absolute Gasteiger partial charge is 0.337 e. The number of methoxy groups -OCH3 is 1. The van der Waals surface area contributed by atoms with Crippen molar-refractivity contribution in [3.05, 3.63) is 77.4 Å². The molecule has 0 unspecified atom stereocenters. The minimum absolute atomic E-state index is 0.0163. The Morgan fingerprint density at radius 2 is 1.93 bits per heavy atom. The summed E-state index contributed by atoms with van der Waals surface area (Å²) in [5, 5.41) is 9.62. The van der Waals surface area contributed by atoms with Gasteiger partial charge >= 0.3 is 5.97 Å². The van der Waals surface area contributed by atoms with Crippen molar-refractivity contribution in [1.82, 2.24) is 9.55 Å². The number of hydrogen-bond donors (Lipinski definition) is 1. The standard InChI is InChI=1S/C23H26N2O3/c1-3-4-8-22-24-14-21(16-26)25(22)15-17-9-11-18(12-10-17)19-6-5-7-20(13-19)23(27)28-2/h5-7,9-14,26H,3-4,8,15-16H2,1-2H3. The van der Waals surface area contributed by atoms with Crippen molar-refractivity contribution in [2.45, 2.75) is 39.3 Å². The van der Waals surface area contributed by atoms with Crippen LogP contribution in [0.15, 0.2) is 54.7 Å². The first kappa shape index (κ1) is 19.8. The molecule has 0 atom stereocenters. The van der Waals surface area contributed by atoms with Gasteiger partial charge in [-0.25, -0.2) is 9.78 Å². The highest BCUT2D eigenvalue weighted by Gasteiger charge is 2.10. The number of aliphatic hydroxyl groups excluding tert-OH is 1. The maximum atomic E-state index is 11.7. The van der Waals surface area contributed by atoms with Gasteiger partial charge in [-0.05, 0) is 35.2 Å². The van der Waals surface area contributed by atoms with E-state index in [4.69, 9.17) is 4.74 Å². The van der Waals surface area contributed by atoms with E-state index in [1.165, 1.54) is 7.11 Å². The molecule has 0 radical (unpaired) electrons. The molecule has 0 fully saturated rings. The van der Waals surface area contributed by atoms with Crippen molar-refractivity contribution >= 4 is 5.97 Å². The first-order valence-corrected chi connectivity index (χ1v) is 9.58. The number of rotatable bonds is 8. The zero-order valence-electron chi connectivity index (χ0n) is 16.4. The van der Waals surface area contributed by atoms with Crippen molar-refractivity contribution in [3.63, 3.8) is 0 Å². The predicted octanol–water partition coefficient (Wildman–Crippen LogP) is 4.22. The number of esters is 1. The molecule has 28 heavy (non-hydrogen) atoms. The van der Waals surface area contributed by atoms with Gasteiger partial charge in [-0.3, -0.25) is 0 Å². The molecule has 3 aromatic rings. The minimum atomic E-state index is -0.338. The number of carbonyl (C=O) groups excluding carboxylic acids is 1. The van der Waals surface area contributed by atoms with Crippen LogP contribution in [0.1, 0.15) is 47.2 Å². The van der Waals surface area contributed by atoms with Crippen LogP contribution in [-0.4, -0.2) is 27.7 Å². The molecule has 2 aromatic carbocycles. The van der Waals surface area contributed by atoms with Crippen LogP contribution >= 0.6 is 0 Å². The third kappa shape index (κ3) is 4.49. The summed E-state index contributed by atoms with van der Waals surface area (Å²) in [6.45, 7) is 2.82. The van der Waals surface area contributed by atoms with E-state index in [1.54, 1.807) is 12.3 Å². The quantitative estimate of drug-likeness (QED) is 0.596. The molecule has 0 aliphatic rings. The maximum absolute atomic E-state index is 11.7. The van der Waals surface area contributed by atoms with Gasteiger partial charge < -0.3 is 14.4 Å². The Labute approximate surface area is 165 Å². The largest absolute Gasteiger partial charge is 0.465 e. The van der Waals surface area contributed by atoms with Crippen LogP contribution in [0.4, 0.5) is 0 Å². The lowest BCUT2D eigenvalue weighted by atomic mass is 10.0. The lowest BCUT2D eigenvalue weighted by Gasteiger charge is -2.12. The summed E-state index contributed by atoms with van der Waals surface area (Å²) in [5.74, 6) is 0.676. The lowest BCUT2D eigenvalue weighted by Crippen LogP contribution is -2.09. The molecule has 5 nitrogen and oxygen atoms in total. The highest BCUT2D eigenvalue weighted by Crippen LogP contribution is 2.22. The van der Waals surface area contributed by atoms with Crippen molar-refractivity contribution in [1.29, 1.82) is 0 Å². The van der Waals surface area contributed by atoms with Crippen LogP contribution in [0, 0.1) is 0 Å². The Morgan fingerprint density at radius 1 is 1.14 bits per heavy atom. The monoisotopic (exact) mass is 378 g/mol. The van der Waals surface area contributed by atoms with Gasteiger partial charge in [-0.15, -0.1) is 0 Å². The number of aryl methyl sites for hydroxylation is 1. The van der Waals surface area contributed by atoms with Crippen molar-refractivity contribution in [2.24, 2.45) is 0 Å². The maximum Gasteiger partial charge on any atom is 0.337 e. The molecule has 0 aliphatic carbocycles. The second-order valence-corrected chi connectivity index (χ2v) is 6.78. The van der Waals surface area contributed by atoms with E-state index < -0.39 is 0 Å². The number of nitrogens with zero attached hydrogens (tertiary/aromatic N) is 2. The highest BCUT2D eigenvalue weighted by molar-refractivity contribution is 5.90. The van der Waals surface area contributed by atoms with Gasteiger partial charge in [0.25, 0.3) is 0 Å². The molecule has 0 bridgehead atoms. The van der Waals surface area contributed by atoms with Crippen LogP contribution in [0.3, 0.4) is 0 Å². The Hall–Kier alpha value is -2.92. The molecule has 0 amide bonds. The summed E-state index contributed by atoms with van der Waals surface area (Å²) in [6, 6.07) is 15.7. The predicted molar refractivity (Wildman–Crippen MR) is 109 cm³/mol. The van der Waals surface area contributed by atoms with Gasteiger partial charge in [0.2, 0.25) is 0 Å². The van der Waals surface area contributed by atoms with Crippen LogP contribution in [0.25, 0.3) is 11.1 Å². The van der Waals surface area contributed by atoms with E-state index in [0.717, 1.165) is 47.5 Å². The molecule has 1 aromatic heterocycles. The Balaban J connectivity index is 1.81. The lowest BCUT2D eigenvalue weighted by molar-refractivity contribution is 0.0601. The second-order valence-electron chi connectivity index (χ2n) is 6.78. The molecule has 1 N–H and O–H groups in total. The van der Waals surface area contributed by atoms with Crippen LogP contribution < -0.4 is 0 Å². The average molecular weight is 378 g/mol. The van der Waals surface area contributed by atoms with Gasteiger partial charge in [-0.2, -0.15) is 0 Å². The van der Waals surface area contributed by atoms with E-state index >= 15 is 0 Å². The van der Waals surface area contributed by atoms with Crippen molar-refractivity contribution in [3.8, 4) is 11.1 Å². The number of aliphatic hydroxyl groups is 1. The average Bonchev–Trinajstić information content (AvgIpc) is 3.13. The number of ether oxygens (including phenoxy) is 1. The molecular formula is C23H26N2O3. The summed E-state index contributed by atoms with van der Waals surface area (Å²) in [5.41, 5.74) is 4.51. The fraction of sp³-hybridized carbons (Fsp3) is 0.304. The molecule has 0 saturated heterocycles. The first-order valence-electron chi connectivity index (χ1n) is 9.58. The summed E-state index contributed by atoms with van der Waals surface area (Å²) >= 11 is 0. The van der Waals surface area contributed by atoms with E-state index in [1.807, 2.05) is 30.3 Å². The molecule has 0 aliphatic heterocycles. The molecular weight excluding hydrogens is 352 g/mol. The first-order chi connectivity index (χ1) is 13.7. The van der Waals surface area contributed by atoms with Gasteiger partial charge in [0.15, 0.2) is 0 Å². The molecule has 0 spiro atoms. The summed E-state index contributed by atoms with van der Waals surface area (Å²) in [7, 11) is 1.38. The molecule has 146 valence electrons. The second kappa shape index (κ2) is 9.33. The fourth-order valence-electron chi connectivity index (χ4n) is 3.24. The topological polar surface area (TPSA) is 64.4 Å². The molecule has 3 rings (SSSR count). The summed E-state index contributed by atoms with van der Waals surface area (Å²) in [6.07, 6.45) is 4.87. The van der Waals surface area contributed by atoms with Gasteiger partial charge in [-0.1, -0.05) is 49.7 Å². The number of hydrogen-bond acceptors (Lipinski definition) is 4. The third-order valence-electron chi connectivity index (χ3n) is 4.85. The SMILES string of the molecule is CCCCc1ncc(CO)n1Cc1ccc(-c2cccc(C(=O)OC)c2)cc1. The normalized spacial score (nSPS) is 10.8. The van der Waals surface area contributed by atoms with Gasteiger partial charge in [0.1, 0.15) is 5.82 Å². The van der Waals surface area contributed by atoms with E-state index in [-0.39, 0.29) is 12.6 Å². The molecule has 1 heterocycles. The van der Waals surface area contributed by atoms with Gasteiger partial charge in [0, 0.05) is 13.0 Å². The Kier molecular flexibility index (Phi) is 6.61. The molecule has 0 saturated carbocycles. The zero-order valence-corrected chi connectivity index (χ0v) is 16.4. The van der Waals surface area contributed by atoms with E-state index in [0.29, 0.717) is 12.1 Å². The van der Waals surface area contributed by atoms with Crippen LogP contribution in [0.2, 0.25) is 0 Å². The number of benzene rings is 2. The van der Waals surface area contributed by atoms with Crippen LogP contribution in [0.5, 0.6) is 0 Å². The molecule has 5 heteroatoms. The van der Waals surface area contributed by atoms with E-state index in [9.17, 15) is 9.90 Å².